The van der Waals surface area contributed by atoms with Crippen molar-refractivity contribution in [1.29, 1.82) is 0 Å². The smallest absolute Gasteiger partial charge is 0.235 e. The van der Waals surface area contributed by atoms with Crippen LogP contribution in [0.5, 0.6) is 0 Å². The fraction of sp³-hybridized carbons (Fsp3) is 0.611. The number of amides is 1. The zero-order chi connectivity index (χ0) is 17.4. The van der Waals surface area contributed by atoms with E-state index in [0.717, 1.165) is 44.9 Å². The molecule has 0 aliphatic heterocycles. The van der Waals surface area contributed by atoms with E-state index in [1.165, 1.54) is 16.1 Å². The standard InChI is InChI=1S/C18H28N2O3S/c1-24(22,23)20(17-12-6-3-7-13-17)15-18(21)19-14-8-11-16-9-4-2-5-10-16/h2,4-5,9-10,17H,3,6-8,11-15H2,1H3,(H,19,21). The summed E-state index contributed by atoms with van der Waals surface area (Å²) in [5.41, 5.74) is 1.24. The van der Waals surface area contributed by atoms with E-state index < -0.39 is 10.0 Å². The molecule has 0 bridgehead atoms. The predicted octanol–water partition coefficient (Wildman–Crippen LogP) is 2.33. The van der Waals surface area contributed by atoms with Crippen LogP contribution in [0.25, 0.3) is 0 Å². The largest absolute Gasteiger partial charge is 0.355 e. The molecule has 5 nitrogen and oxygen atoms in total. The highest BCUT2D eigenvalue weighted by atomic mass is 32.2. The minimum atomic E-state index is -3.36. The minimum Gasteiger partial charge on any atom is -0.355 e. The van der Waals surface area contributed by atoms with Gasteiger partial charge in [0.1, 0.15) is 0 Å². The molecule has 1 saturated carbocycles. The topological polar surface area (TPSA) is 66.5 Å². The van der Waals surface area contributed by atoms with E-state index in [1.54, 1.807) is 0 Å². The molecule has 0 unspecified atom stereocenters. The molecule has 1 fully saturated rings. The zero-order valence-corrected chi connectivity index (χ0v) is 15.2. The SMILES string of the molecule is CS(=O)(=O)N(CC(=O)NCCCc1ccccc1)C1CCCCC1. The van der Waals surface area contributed by atoms with Gasteiger partial charge in [0.05, 0.1) is 12.8 Å². The highest BCUT2D eigenvalue weighted by Gasteiger charge is 2.29. The number of sulfonamides is 1. The summed E-state index contributed by atoms with van der Waals surface area (Å²) in [6, 6.07) is 10.1. The van der Waals surface area contributed by atoms with Gasteiger partial charge in [-0.2, -0.15) is 4.31 Å². The number of rotatable bonds is 8. The first-order valence-corrected chi connectivity index (χ1v) is 10.6. The van der Waals surface area contributed by atoms with Gasteiger partial charge < -0.3 is 5.32 Å². The summed E-state index contributed by atoms with van der Waals surface area (Å²) in [4.78, 5) is 12.1. The Bertz CT molecular complexity index is 610. The maximum atomic E-state index is 12.1. The first-order chi connectivity index (χ1) is 11.5. The Hall–Kier alpha value is -1.40. The van der Waals surface area contributed by atoms with Gasteiger partial charge in [0.2, 0.25) is 15.9 Å². The molecule has 134 valence electrons. The van der Waals surface area contributed by atoms with Crippen molar-refractivity contribution in [2.45, 2.75) is 51.0 Å². The molecule has 24 heavy (non-hydrogen) atoms. The molecule has 6 heteroatoms. The van der Waals surface area contributed by atoms with Gasteiger partial charge in [0, 0.05) is 12.6 Å². The number of carbonyl (C=O) groups excluding carboxylic acids is 1. The predicted molar refractivity (Wildman–Crippen MR) is 96.2 cm³/mol. The molecule has 1 aliphatic rings. The van der Waals surface area contributed by atoms with E-state index >= 15 is 0 Å². The number of carbonyl (C=O) groups is 1. The van der Waals surface area contributed by atoms with E-state index in [9.17, 15) is 13.2 Å². The molecule has 0 spiro atoms. The van der Waals surface area contributed by atoms with Crippen molar-refractivity contribution in [3.8, 4) is 0 Å². The molecule has 0 heterocycles. The molecule has 1 aromatic carbocycles. The lowest BCUT2D eigenvalue weighted by Gasteiger charge is -2.31. The molecular weight excluding hydrogens is 324 g/mol. The van der Waals surface area contributed by atoms with Crippen LogP contribution >= 0.6 is 0 Å². The lowest BCUT2D eigenvalue weighted by Crippen LogP contribution is -2.46. The molecule has 1 aliphatic carbocycles. The van der Waals surface area contributed by atoms with Crippen LogP contribution in [0, 0.1) is 0 Å². The third-order valence-electron chi connectivity index (χ3n) is 4.51. The minimum absolute atomic E-state index is 0.0242. The lowest BCUT2D eigenvalue weighted by atomic mass is 9.95. The second-order valence-electron chi connectivity index (χ2n) is 6.54. The van der Waals surface area contributed by atoms with E-state index in [-0.39, 0.29) is 18.5 Å². The average Bonchev–Trinajstić information content (AvgIpc) is 2.57. The van der Waals surface area contributed by atoms with Crippen molar-refractivity contribution < 1.29 is 13.2 Å². The summed E-state index contributed by atoms with van der Waals surface area (Å²) in [5.74, 6) is -0.209. The molecule has 0 atom stereocenters. The highest BCUT2D eigenvalue weighted by Crippen LogP contribution is 2.24. The summed E-state index contributed by atoms with van der Waals surface area (Å²) in [5, 5.41) is 2.85. The number of benzene rings is 1. The van der Waals surface area contributed by atoms with Gasteiger partial charge >= 0.3 is 0 Å². The maximum Gasteiger partial charge on any atom is 0.235 e. The molecule has 1 N–H and O–H groups in total. The average molecular weight is 353 g/mol. The first kappa shape index (κ1) is 18.9. The van der Waals surface area contributed by atoms with Crippen molar-refractivity contribution in [3.63, 3.8) is 0 Å². The molecule has 0 aromatic heterocycles. The monoisotopic (exact) mass is 352 g/mol. The number of nitrogens with one attached hydrogen (secondary N) is 1. The first-order valence-electron chi connectivity index (χ1n) is 8.74. The van der Waals surface area contributed by atoms with Crippen molar-refractivity contribution in [3.05, 3.63) is 35.9 Å². The number of hydrogen-bond acceptors (Lipinski definition) is 3. The second kappa shape index (κ2) is 9.18. The van der Waals surface area contributed by atoms with Gasteiger partial charge in [-0.25, -0.2) is 8.42 Å². The number of nitrogens with zero attached hydrogens (tertiary/aromatic N) is 1. The van der Waals surface area contributed by atoms with Gasteiger partial charge in [0.15, 0.2) is 0 Å². The van der Waals surface area contributed by atoms with Crippen LogP contribution in [0.4, 0.5) is 0 Å². The van der Waals surface area contributed by atoms with E-state index in [4.69, 9.17) is 0 Å². The van der Waals surface area contributed by atoms with Crippen LogP contribution in [0.3, 0.4) is 0 Å². The van der Waals surface area contributed by atoms with Crippen LogP contribution in [0.1, 0.15) is 44.1 Å². The van der Waals surface area contributed by atoms with Crippen molar-refractivity contribution >= 4 is 15.9 Å². The van der Waals surface area contributed by atoms with Crippen LogP contribution < -0.4 is 5.32 Å². The summed E-state index contributed by atoms with van der Waals surface area (Å²) < 4.78 is 25.4. The fourth-order valence-electron chi connectivity index (χ4n) is 3.25. The van der Waals surface area contributed by atoms with Crippen molar-refractivity contribution in [2.24, 2.45) is 0 Å². The Morgan fingerprint density at radius 3 is 2.46 bits per heavy atom. The van der Waals surface area contributed by atoms with Gasteiger partial charge in [-0.3, -0.25) is 4.79 Å². The van der Waals surface area contributed by atoms with Crippen LogP contribution in [-0.2, 0) is 21.2 Å². The Balaban J connectivity index is 1.77. The Morgan fingerprint density at radius 2 is 1.83 bits per heavy atom. The van der Waals surface area contributed by atoms with E-state index in [2.05, 4.69) is 17.4 Å². The third-order valence-corrected chi connectivity index (χ3v) is 5.79. The third kappa shape index (κ3) is 6.24. The van der Waals surface area contributed by atoms with Gasteiger partial charge in [-0.05, 0) is 31.2 Å². The fourth-order valence-corrected chi connectivity index (χ4v) is 4.35. The van der Waals surface area contributed by atoms with Crippen LogP contribution in [0.2, 0.25) is 0 Å². The summed E-state index contributed by atoms with van der Waals surface area (Å²) in [7, 11) is -3.36. The zero-order valence-electron chi connectivity index (χ0n) is 14.4. The van der Waals surface area contributed by atoms with Crippen LogP contribution in [-0.4, -0.2) is 44.0 Å². The molecule has 0 radical (unpaired) electrons. The summed E-state index contributed by atoms with van der Waals surface area (Å²) in [6.45, 7) is 0.505. The Labute approximate surface area is 145 Å². The van der Waals surface area contributed by atoms with Crippen molar-refractivity contribution in [1.82, 2.24) is 9.62 Å². The summed E-state index contributed by atoms with van der Waals surface area (Å²) in [6.07, 6.45) is 7.88. The molecule has 0 saturated heterocycles. The lowest BCUT2D eigenvalue weighted by molar-refractivity contribution is -0.121. The Morgan fingerprint density at radius 1 is 1.17 bits per heavy atom. The van der Waals surface area contributed by atoms with Gasteiger partial charge in [-0.15, -0.1) is 0 Å². The Kier molecular flexibility index (Phi) is 7.24. The number of aryl methyl sites for hydroxylation is 1. The van der Waals surface area contributed by atoms with Crippen molar-refractivity contribution in [2.75, 3.05) is 19.3 Å². The molecule has 1 amide bonds. The van der Waals surface area contributed by atoms with E-state index in [0.29, 0.717) is 6.54 Å². The van der Waals surface area contributed by atoms with Gasteiger partial charge in [-0.1, -0.05) is 49.6 Å². The molecule has 2 rings (SSSR count). The second-order valence-corrected chi connectivity index (χ2v) is 8.47. The van der Waals surface area contributed by atoms with E-state index in [1.807, 2.05) is 18.2 Å². The molecular formula is C18H28N2O3S. The summed E-state index contributed by atoms with van der Waals surface area (Å²) >= 11 is 0. The number of hydrogen-bond donors (Lipinski definition) is 1. The normalized spacial score (nSPS) is 16.2. The van der Waals surface area contributed by atoms with Crippen LogP contribution in [0.15, 0.2) is 30.3 Å². The molecule has 1 aromatic rings. The maximum absolute atomic E-state index is 12.1. The van der Waals surface area contributed by atoms with Gasteiger partial charge in [0.25, 0.3) is 0 Å². The quantitative estimate of drug-likeness (QED) is 0.730. The highest BCUT2D eigenvalue weighted by molar-refractivity contribution is 7.88.